The van der Waals surface area contributed by atoms with Gasteiger partial charge in [0.25, 0.3) is 0 Å². The van der Waals surface area contributed by atoms with Crippen molar-refractivity contribution in [2.75, 3.05) is 0 Å². The third-order valence-corrected chi connectivity index (χ3v) is 4.93. The summed E-state index contributed by atoms with van der Waals surface area (Å²) in [6.07, 6.45) is 0. The van der Waals surface area contributed by atoms with Gasteiger partial charge in [0.15, 0.2) is 0 Å². The number of nitrogens with one attached hydrogen (secondary N) is 1. The van der Waals surface area contributed by atoms with Crippen LogP contribution in [-0.2, 0) is 15.8 Å². The number of aromatic nitrogens is 2. The molecular weight excluding hydrogens is 312 g/mol. The van der Waals surface area contributed by atoms with E-state index >= 15 is 0 Å². The number of halogens is 1. The Labute approximate surface area is 125 Å². The summed E-state index contributed by atoms with van der Waals surface area (Å²) < 4.78 is 25.8. The maximum atomic E-state index is 12.5. The fourth-order valence-electron chi connectivity index (χ4n) is 2.18. The van der Waals surface area contributed by atoms with Crippen molar-refractivity contribution >= 4 is 32.7 Å². The first-order valence-corrected chi connectivity index (χ1v) is 8.13. The molecule has 5 nitrogen and oxygen atoms in total. The quantitative estimate of drug-likeness (QED) is 0.804. The van der Waals surface area contributed by atoms with Crippen LogP contribution in [0.15, 0.2) is 53.3 Å². The minimum absolute atomic E-state index is 0.253. The second kappa shape index (κ2) is 5.05. The zero-order valence-corrected chi connectivity index (χ0v) is 12.4. The van der Waals surface area contributed by atoms with Crippen LogP contribution in [0.5, 0.6) is 0 Å². The van der Waals surface area contributed by atoms with Gasteiger partial charge in [-0.1, -0.05) is 41.9 Å². The van der Waals surface area contributed by atoms with Crippen molar-refractivity contribution < 1.29 is 8.42 Å². The number of benzene rings is 2. The van der Waals surface area contributed by atoms with Crippen molar-refractivity contribution in [2.45, 2.75) is 5.75 Å². The van der Waals surface area contributed by atoms with Gasteiger partial charge < -0.3 is 4.98 Å². The zero-order valence-electron chi connectivity index (χ0n) is 10.8. The molecule has 0 saturated carbocycles. The maximum absolute atomic E-state index is 12.5. The molecule has 0 unspecified atom stereocenters. The molecule has 0 atom stereocenters. The zero-order chi connectivity index (χ0) is 15.0. The minimum atomic E-state index is -3.83. The Morgan fingerprint density at radius 3 is 2.52 bits per heavy atom. The van der Waals surface area contributed by atoms with Crippen LogP contribution in [0.2, 0.25) is 5.02 Å². The molecule has 7 heteroatoms. The van der Waals surface area contributed by atoms with Crippen molar-refractivity contribution in [3.05, 3.63) is 69.6 Å². The first-order chi connectivity index (χ1) is 9.97. The highest BCUT2D eigenvalue weighted by atomic mass is 35.5. The van der Waals surface area contributed by atoms with Crippen LogP contribution in [0, 0.1) is 0 Å². The highest BCUT2D eigenvalue weighted by Gasteiger charge is 2.20. The van der Waals surface area contributed by atoms with E-state index in [-0.39, 0.29) is 11.3 Å². The van der Waals surface area contributed by atoms with Gasteiger partial charge in [-0.2, -0.15) is 3.97 Å². The van der Waals surface area contributed by atoms with Crippen LogP contribution in [-0.4, -0.2) is 17.4 Å². The highest BCUT2D eigenvalue weighted by molar-refractivity contribution is 7.89. The molecule has 21 heavy (non-hydrogen) atoms. The fraction of sp³-hybridized carbons (Fsp3) is 0.0714. The van der Waals surface area contributed by atoms with Crippen molar-refractivity contribution in [1.29, 1.82) is 0 Å². The van der Waals surface area contributed by atoms with Crippen LogP contribution in [0.3, 0.4) is 0 Å². The standard InChI is InChI=1S/C14H11ClN2O3S/c15-11-6-7-12-13(8-11)17(14(18)16-12)21(19,20)9-10-4-2-1-3-5-10/h1-8H,9H2,(H,16,18). The molecule has 3 rings (SSSR count). The van der Waals surface area contributed by atoms with Crippen molar-refractivity contribution in [3.63, 3.8) is 0 Å². The van der Waals surface area contributed by atoms with E-state index in [1.165, 1.54) is 6.07 Å². The number of hydrogen-bond donors (Lipinski definition) is 1. The first-order valence-electron chi connectivity index (χ1n) is 6.15. The third kappa shape index (κ3) is 2.59. The molecule has 0 aliphatic rings. The Bertz CT molecular complexity index is 959. The van der Waals surface area contributed by atoms with E-state index < -0.39 is 15.7 Å². The first kappa shape index (κ1) is 13.9. The number of rotatable bonds is 3. The molecule has 0 bridgehead atoms. The summed E-state index contributed by atoms with van der Waals surface area (Å²) in [4.78, 5) is 14.5. The molecule has 0 saturated heterocycles. The SMILES string of the molecule is O=c1[nH]c2ccc(Cl)cc2n1S(=O)(=O)Cc1ccccc1. The second-order valence-corrected chi connectivity index (χ2v) is 6.85. The van der Waals surface area contributed by atoms with Gasteiger partial charge in [0.05, 0.1) is 16.8 Å². The van der Waals surface area contributed by atoms with E-state index in [4.69, 9.17) is 11.6 Å². The number of H-pyrrole nitrogens is 1. The van der Waals surface area contributed by atoms with Crippen LogP contribution in [0.25, 0.3) is 11.0 Å². The van der Waals surface area contributed by atoms with Gasteiger partial charge in [-0.25, -0.2) is 13.2 Å². The Morgan fingerprint density at radius 2 is 1.81 bits per heavy atom. The molecule has 2 aromatic carbocycles. The smallest absolute Gasteiger partial charge is 0.305 e. The van der Waals surface area contributed by atoms with Crippen LogP contribution >= 0.6 is 11.6 Å². The van der Waals surface area contributed by atoms with Gasteiger partial charge in [0.1, 0.15) is 0 Å². The number of fused-ring (bicyclic) bond motifs is 1. The molecule has 1 heterocycles. The predicted molar refractivity (Wildman–Crippen MR) is 82.0 cm³/mol. The van der Waals surface area contributed by atoms with Gasteiger partial charge in [-0.05, 0) is 23.8 Å². The van der Waals surface area contributed by atoms with Crippen LogP contribution in [0.1, 0.15) is 5.56 Å². The second-order valence-electron chi connectivity index (χ2n) is 4.60. The van der Waals surface area contributed by atoms with Gasteiger partial charge >= 0.3 is 5.69 Å². The van der Waals surface area contributed by atoms with Crippen LogP contribution in [0.4, 0.5) is 0 Å². The van der Waals surface area contributed by atoms with E-state index in [0.29, 0.717) is 16.1 Å². The number of imidazole rings is 1. The summed E-state index contributed by atoms with van der Waals surface area (Å²) in [6, 6.07) is 13.3. The van der Waals surface area contributed by atoms with E-state index in [1.54, 1.807) is 42.5 Å². The van der Waals surface area contributed by atoms with Crippen molar-refractivity contribution in [2.24, 2.45) is 0 Å². The van der Waals surface area contributed by atoms with Gasteiger partial charge in [-0.15, -0.1) is 0 Å². The van der Waals surface area contributed by atoms with Crippen molar-refractivity contribution in [1.82, 2.24) is 8.96 Å². The summed E-state index contributed by atoms with van der Waals surface area (Å²) in [6.45, 7) is 0. The summed E-state index contributed by atoms with van der Waals surface area (Å²) in [7, 11) is -3.83. The summed E-state index contributed by atoms with van der Waals surface area (Å²) >= 11 is 5.89. The molecule has 3 aromatic rings. The number of hydrogen-bond acceptors (Lipinski definition) is 3. The summed E-state index contributed by atoms with van der Waals surface area (Å²) in [5, 5.41) is 0.366. The Kier molecular flexibility index (Phi) is 3.35. The van der Waals surface area contributed by atoms with Crippen LogP contribution < -0.4 is 5.69 Å². The van der Waals surface area contributed by atoms with Gasteiger partial charge in [0.2, 0.25) is 10.0 Å². The number of aromatic amines is 1. The molecule has 0 radical (unpaired) electrons. The summed E-state index contributed by atoms with van der Waals surface area (Å²) in [5.74, 6) is -0.257. The molecular formula is C14H11ClN2O3S. The Morgan fingerprint density at radius 1 is 1.10 bits per heavy atom. The van der Waals surface area contributed by atoms with Gasteiger partial charge in [0, 0.05) is 5.02 Å². The minimum Gasteiger partial charge on any atom is -0.305 e. The lowest BCUT2D eigenvalue weighted by molar-refractivity contribution is 0.586. The fourth-order valence-corrected chi connectivity index (χ4v) is 3.84. The van der Waals surface area contributed by atoms with Gasteiger partial charge in [-0.3, -0.25) is 0 Å². The largest absolute Gasteiger partial charge is 0.340 e. The Balaban J connectivity index is 2.17. The van der Waals surface area contributed by atoms with E-state index in [9.17, 15) is 13.2 Å². The predicted octanol–water partition coefficient (Wildman–Crippen LogP) is 2.36. The molecule has 0 amide bonds. The lowest BCUT2D eigenvalue weighted by Gasteiger charge is -2.06. The van der Waals surface area contributed by atoms with E-state index in [0.717, 1.165) is 3.97 Å². The molecule has 0 aliphatic carbocycles. The normalized spacial score (nSPS) is 11.9. The average molecular weight is 323 g/mol. The molecule has 108 valence electrons. The topological polar surface area (TPSA) is 71.9 Å². The monoisotopic (exact) mass is 322 g/mol. The van der Waals surface area contributed by atoms with E-state index in [2.05, 4.69) is 4.98 Å². The maximum Gasteiger partial charge on any atom is 0.340 e. The van der Waals surface area contributed by atoms with Crippen molar-refractivity contribution in [3.8, 4) is 0 Å². The average Bonchev–Trinajstić information content (AvgIpc) is 2.75. The lowest BCUT2D eigenvalue weighted by atomic mass is 10.2. The number of nitrogens with zero attached hydrogens (tertiary/aromatic N) is 1. The van der Waals surface area contributed by atoms with E-state index in [1.807, 2.05) is 0 Å². The Hall–Kier alpha value is -2.05. The molecule has 0 fully saturated rings. The molecule has 0 spiro atoms. The molecule has 1 N–H and O–H groups in total. The summed E-state index contributed by atoms with van der Waals surface area (Å²) in [5.41, 5.74) is 0.605. The lowest BCUT2D eigenvalue weighted by Crippen LogP contribution is -2.26. The molecule has 1 aromatic heterocycles. The highest BCUT2D eigenvalue weighted by Crippen LogP contribution is 2.19. The molecule has 0 aliphatic heterocycles. The third-order valence-electron chi connectivity index (χ3n) is 3.07.